The molecular formula is C18H22N6S. The lowest BCUT2D eigenvalue weighted by Gasteiger charge is -2.33. The van der Waals surface area contributed by atoms with Crippen molar-refractivity contribution in [2.45, 2.75) is 25.8 Å². The molecule has 1 aliphatic heterocycles. The van der Waals surface area contributed by atoms with Gasteiger partial charge in [-0.15, -0.1) is 0 Å². The van der Waals surface area contributed by atoms with E-state index in [2.05, 4.69) is 43.7 Å². The predicted octanol–water partition coefficient (Wildman–Crippen LogP) is 3.52. The molecular weight excluding hydrogens is 332 g/mol. The van der Waals surface area contributed by atoms with Gasteiger partial charge in [0.05, 0.1) is 10.2 Å². The molecule has 0 radical (unpaired) electrons. The van der Waals surface area contributed by atoms with Crippen molar-refractivity contribution in [3.05, 3.63) is 36.0 Å². The van der Waals surface area contributed by atoms with E-state index in [9.17, 15) is 0 Å². The quantitative estimate of drug-likeness (QED) is 0.747. The molecule has 0 aliphatic carbocycles. The summed E-state index contributed by atoms with van der Waals surface area (Å²) in [5.74, 6) is 1.54. The molecule has 2 aromatic heterocycles. The van der Waals surface area contributed by atoms with Gasteiger partial charge in [0.1, 0.15) is 5.82 Å². The highest BCUT2D eigenvalue weighted by Gasteiger charge is 2.23. The zero-order chi connectivity index (χ0) is 17.2. The van der Waals surface area contributed by atoms with Crippen molar-refractivity contribution < 1.29 is 0 Å². The Morgan fingerprint density at radius 2 is 2.08 bits per heavy atom. The molecule has 1 fully saturated rings. The van der Waals surface area contributed by atoms with Crippen molar-refractivity contribution in [1.29, 1.82) is 0 Å². The summed E-state index contributed by atoms with van der Waals surface area (Å²) >= 11 is 1.77. The Balaban J connectivity index is 1.50. The largest absolute Gasteiger partial charge is 0.373 e. The Kier molecular flexibility index (Phi) is 4.40. The van der Waals surface area contributed by atoms with Gasteiger partial charge >= 0.3 is 0 Å². The van der Waals surface area contributed by atoms with Crippen LogP contribution in [0.2, 0.25) is 0 Å². The van der Waals surface area contributed by atoms with E-state index in [0.717, 1.165) is 48.1 Å². The monoisotopic (exact) mass is 354 g/mol. The van der Waals surface area contributed by atoms with Crippen molar-refractivity contribution in [1.82, 2.24) is 15.0 Å². The molecule has 25 heavy (non-hydrogen) atoms. The molecule has 0 spiro atoms. The highest BCUT2D eigenvalue weighted by molar-refractivity contribution is 7.22. The average molecular weight is 354 g/mol. The van der Waals surface area contributed by atoms with Gasteiger partial charge in [0.25, 0.3) is 0 Å². The SMILES string of the molecule is CNc1cc(C)nc(N[C@@H]2CCCN(c3nc4ccccc4s3)C2)n1. The van der Waals surface area contributed by atoms with Crippen LogP contribution in [0.25, 0.3) is 10.2 Å². The maximum atomic E-state index is 4.79. The fourth-order valence-corrected chi connectivity index (χ4v) is 4.21. The van der Waals surface area contributed by atoms with Gasteiger partial charge in [0.15, 0.2) is 5.13 Å². The van der Waals surface area contributed by atoms with Crippen LogP contribution in [-0.2, 0) is 0 Å². The number of aryl methyl sites for hydroxylation is 1. The Bertz CT molecular complexity index is 844. The lowest BCUT2D eigenvalue weighted by molar-refractivity contribution is 0.527. The molecule has 2 N–H and O–H groups in total. The summed E-state index contributed by atoms with van der Waals surface area (Å²) in [6.07, 6.45) is 2.26. The summed E-state index contributed by atoms with van der Waals surface area (Å²) in [5, 5.41) is 7.69. The molecule has 0 unspecified atom stereocenters. The van der Waals surface area contributed by atoms with Crippen LogP contribution >= 0.6 is 11.3 Å². The first-order valence-corrected chi connectivity index (χ1v) is 9.43. The Morgan fingerprint density at radius 1 is 1.20 bits per heavy atom. The smallest absolute Gasteiger partial charge is 0.225 e. The molecule has 1 saturated heterocycles. The minimum atomic E-state index is 0.326. The van der Waals surface area contributed by atoms with E-state index >= 15 is 0 Å². The van der Waals surface area contributed by atoms with Crippen LogP contribution in [0.5, 0.6) is 0 Å². The van der Waals surface area contributed by atoms with Crippen LogP contribution < -0.4 is 15.5 Å². The summed E-state index contributed by atoms with van der Waals surface area (Å²) in [4.78, 5) is 16.2. The number of thiazole rings is 1. The molecule has 6 nitrogen and oxygen atoms in total. The fraction of sp³-hybridized carbons (Fsp3) is 0.389. The molecule has 1 atom stereocenters. The third-order valence-electron chi connectivity index (χ3n) is 4.42. The van der Waals surface area contributed by atoms with Crippen molar-refractivity contribution in [3.63, 3.8) is 0 Å². The number of hydrogen-bond acceptors (Lipinski definition) is 7. The molecule has 0 saturated carbocycles. The van der Waals surface area contributed by atoms with Gasteiger partial charge in [-0.25, -0.2) is 9.97 Å². The minimum absolute atomic E-state index is 0.326. The molecule has 4 rings (SSSR count). The Labute approximate surface area is 151 Å². The summed E-state index contributed by atoms with van der Waals surface area (Å²) in [6.45, 7) is 3.96. The topological polar surface area (TPSA) is 66.0 Å². The van der Waals surface area contributed by atoms with Gasteiger partial charge in [0, 0.05) is 37.9 Å². The summed E-state index contributed by atoms with van der Waals surface area (Å²) in [7, 11) is 1.88. The standard InChI is InChI=1S/C18H22N6S/c1-12-10-16(19-2)23-17(20-12)21-13-6-5-9-24(11-13)18-22-14-7-3-4-8-15(14)25-18/h3-4,7-8,10,13H,5-6,9,11H2,1-2H3,(H2,19,20,21,23)/t13-/m1/s1. The minimum Gasteiger partial charge on any atom is -0.373 e. The van der Waals surface area contributed by atoms with Crippen LogP contribution in [0.15, 0.2) is 30.3 Å². The van der Waals surface area contributed by atoms with Crippen molar-refractivity contribution >= 4 is 38.5 Å². The van der Waals surface area contributed by atoms with Gasteiger partial charge in [0.2, 0.25) is 5.95 Å². The molecule has 1 aliphatic rings. The highest BCUT2D eigenvalue weighted by Crippen LogP contribution is 2.30. The second-order valence-corrected chi connectivity index (χ2v) is 7.37. The van der Waals surface area contributed by atoms with E-state index in [-0.39, 0.29) is 0 Å². The first kappa shape index (κ1) is 16.1. The molecule has 0 bridgehead atoms. The van der Waals surface area contributed by atoms with Crippen LogP contribution in [0.4, 0.5) is 16.9 Å². The van der Waals surface area contributed by atoms with Gasteiger partial charge in [-0.05, 0) is 31.9 Å². The van der Waals surface area contributed by atoms with E-state index in [1.54, 1.807) is 11.3 Å². The Hall–Kier alpha value is -2.41. The number of benzene rings is 1. The second-order valence-electron chi connectivity index (χ2n) is 6.36. The number of piperidine rings is 1. The lowest BCUT2D eigenvalue weighted by atomic mass is 10.1. The fourth-order valence-electron chi connectivity index (χ4n) is 3.21. The number of fused-ring (bicyclic) bond motifs is 1. The van der Waals surface area contributed by atoms with Gasteiger partial charge < -0.3 is 15.5 Å². The first-order valence-electron chi connectivity index (χ1n) is 8.62. The van der Waals surface area contributed by atoms with Crippen LogP contribution in [-0.4, -0.2) is 41.1 Å². The number of anilines is 3. The first-order chi connectivity index (χ1) is 12.2. The van der Waals surface area contributed by atoms with Gasteiger partial charge in [-0.3, -0.25) is 0 Å². The van der Waals surface area contributed by atoms with E-state index in [1.807, 2.05) is 26.1 Å². The molecule has 3 aromatic rings. The van der Waals surface area contributed by atoms with Crippen molar-refractivity contribution in [2.75, 3.05) is 35.7 Å². The molecule has 7 heteroatoms. The molecule has 1 aromatic carbocycles. The number of para-hydroxylation sites is 1. The molecule has 3 heterocycles. The zero-order valence-electron chi connectivity index (χ0n) is 14.5. The van der Waals surface area contributed by atoms with E-state index in [4.69, 9.17) is 4.98 Å². The third-order valence-corrected chi connectivity index (χ3v) is 5.52. The summed E-state index contributed by atoms with van der Waals surface area (Å²) in [6, 6.07) is 10.6. The number of rotatable bonds is 4. The normalized spacial score (nSPS) is 17.7. The zero-order valence-corrected chi connectivity index (χ0v) is 15.3. The number of nitrogens with one attached hydrogen (secondary N) is 2. The van der Waals surface area contributed by atoms with E-state index in [1.165, 1.54) is 4.70 Å². The number of aromatic nitrogens is 3. The van der Waals surface area contributed by atoms with Crippen LogP contribution in [0.1, 0.15) is 18.5 Å². The second kappa shape index (κ2) is 6.84. The number of hydrogen-bond donors (Lipinski definition) is 2. The van der Waals surface area contributed by atoms with Crippen molar-refractivity contribution in [2.24, 2.45) is 0 Å². The maximum Gasteiger partial charge on any atom is 0.225 e. The van der Waals surface area contributed by atoms with Crippen LogP contribution in [0.3, 0.4) is 0 Å². The maximum absolute atomic E-state index is 4.79. The number of nitrogens with zero attached hydrogens (tertiary/aromatic N) is 4. The average Bonchev–Trinajstić information content (AvgIpc) is 3.05. The van der Waals surface area contributed by atoms with E-state index in [0.29, 0.717) is 12.0 Å². The molecule has 0 amide bonds. The lowest BCUT2D eigenvalue weighted by Crippen LogP contribution is -2.42. The Morgan fingerprint density at radius 3 is 2.92 bits per heavy atom. The predicted molar refractivity (Wildman–Crippen MR) is 105 cm³/mol. The van der Waals surface area contributed by atoms with Crippen LogP contribution in [0, 0.1) is 6.92 Å². The van der Waals surface area contributed by atoms with Gasteiger partial charge in [-0.2, -0.15) is 4.98 Å². The third kappa shape index (κ3) is 3.51. The highest BCUT2D eigenvalue weighted by atomic mass is 32.1. The van der Waals surface area contributed by atoms with Crippen molar-refractivity contribution in [3.8, 4) is 0 Å². The van der Waals surface area contributed by atoms with E-state index < -0.39 is 0 Å². The molecule has 130 valence electrons. The van der Waals surface area contributed by atoms with Gasteiger partial charge in [-0.1, -0.05) is 23.5 Å². The summed E-state index contributed by atoms with van der Waals surface area (Å²) < 4.78 is 1.24. The summed E-state index contributed by atoms with van der Waals surface area (Å²) in [5.41, 5.74) is 2.04.